The lowest BCUT2D eigenvalue weighted by atomic mass is 10.1. The highest BCUT2D eigenvalue weighted by Crippen LogP contribution is 2.31. The van der Waals surface area contributed by atoms with Gasteiger partial charge in [-0.15, -0.1) is 0 Å². The van der Waals surface area contributed by atoms with Crippen molar-refractivity contribution in [3.63, 3.8) is 0 Å². The van der Waals surface area contributed by atoms with Gasteiger partial charge in [0.05, 0.1) is 11.3 Å². The van der Waals surface area contributed by atoms with Gasteiger partial charge in [-0.2, -0.15) is 24.9 Å². The Morgan fingerprint density at radius 3 is 2.45 bits per heavy atom. The molecule has 1 aromatic carbocycles. The predicted molar refractivity (Wildman–Crippen MR) is 110 cm³/mol. The molecule has 0 aliphatic carbocycles. The highest BCUT2D eigenvalue weighted by molar-refractivity contribution is 7.98. The van der Waals surface area contributed by atoms with Gasteiger partial charge < -0.3 is 9.80 Å². The zero-order valence-electron chi connectivity index (χ0n) is 16.4. The van der Waals surface area contributed by atoms with Gasteiger partial charge in [0, 0.05) is 31.9 Å². The zero-order chi connectivity index (χ0) is 21.7. The zero-order valence-corrected chi connectivity index (χ0v) is 18.0. The van der Waals surface area contributed by atoms with Gasteiger partial charge in [0.2, 0.25) is 15.9 Å². The number of thioether (sulfide) groups is 1. The van der Waals surface area contributed by atoms with Crippen molar-refractivity contribution in [2.75, 3.05) is 48.8 Å². The number of carbonyl (C=O) groups excluding carboxylic acids is 1. The monoisotopic (exact) mass is 453 g/mol. The minimum atomic E-state index is -4.41. The average Bonchev–Trinajstić information content (AvgIpc) is 2.70. The number of alkyl halides is 3. The van der Waals surface area contributed by atoms with Crippen molar-refractivity contribution in [1.29, 1.82) is 0 Å². The van der Waals surface area contributed by atoms with E-state index in [0.717, 1.165) is 12.1 Å². The van der Waals surface area contributed by atoms with E-state index in [2.05, 4.69) is 4.72 Å². The summed E-state index contributed by atoms with van der Waals surface area (Å²) in [5, 5.41) is 0. The molecule has 0 spiro atoms. The fraction of sp³-hybridized carbons (Fsp3) is 0.611. The Morgan fingerprint density at radius 2 is 1.90 bits per heavy atom. The Bertz CT molecular complexity index is 795. The summed E-state index contributed by atoms with van der Waals surface area (Å²) >= 11 is 1.52. The average molecular weight is 454 g/mol. The van der Waals surface area contributed by atoms with Crippen molar-refractivity contribution in [2.45, 2.75) is 25.6 Å². The van der Waals surface area contributed by atoms with Crippen LogP contribution in [-0.2, 0) is 21.0 Å². The SMILES string of the molecule is CCS(=O)(=O)NC(CCSC)C(=O)N1CCN(c2cccc(C(F)(F)F)c2)CC1. The standard InChI is InChI=1S/C18H26F3N3O3S2/c1-3-29(26,27)22-16(7-12-28-2)17(25)24-10-8-23(9-11-24)15-6-4-5-14(13-15)18(19,20)21/h4-6,13,16,22H,3,7-12H2,1-2H3. The number of carbonyl (C=O) groups is 1. The first kappa shape index (κ1) is 23.8. The first-order valence-corrected chi connectivity index (χ1v) is 12.3. The van der Waals surface area contributed by atoms with Crippen LogP contribution in [0.3, 0.4) is 0 Å². The number of nitrogens with zero attached hydrogens (tertiary/aromatic N) is 2. The summed E-state index contributed by atoms with van der Waals surface area (Å²) in [4.78, 5) is 16.2. The number of rotatable bonds is 8. The number of hydrogen-bond donors (Lipinski definition) is 1. The van der Waals surface area contributed by atoms with Crippen molar-refractivity contribution in [2.24, 2.45) is 0 Å². The van der Waals surface area contributed by atoms with Crippen molar-refractivity contribution in [3.8, 4) is 0 Å². The topological polar surface area (TPSA) is 69.7 Å². The van der Waals surface area contributed by atoms with E-state index in [1.165, 1.54) is 24.8 Å². The lowest BCUT2D eigenvalue weighted by Gasteiger charge is -2.37. The Hall–Kier alpha value is -1.46. The fourth-order valence-corrected chi connectivity index (χ4v) is 4.34. The molecule has 11 heteroatoms. The summed E-state index contributed by atoms with van der Waals surface area (Å²) < 4.78 is 65.1. The molecule has 164 valence electrons. The maximum absolute atomic E-state index is 12.9. The fourth-order valence-electron chi connectivity index (χ4n) is 3.05. The number of amides is 1. The second-order valence-corrected chi connectivity index (χ2v) is 9.74. The lowest BCUT2D eigenvalue weighted by Crippen LogP contribution is -2.55. The number of benzene rings is 1. The summed E-state index contributed by atoms with van der Waals surface area (Å²) in [5.41, 5.74) is -0.253. The molecule has 1 heterocycles. The van der Waals surface area contributed by atoms with Crippen LogP contribution in [0.1, 0.15) is 18.9 Å². The third kappa shape index (κ3) is 6.78. The second-order valence-electron chi connectivity index (χ2n) is 6.72. The Kier molecular flexibility index (Phi) is 8.24. The molecule has 1 aromatic rings. The van der Waals surface area contributed by atoms with Gasteiger partial charge >= 0.3 is 6.18 Å². The molecule has 29 heavy (non-hydrogen) atoms. The minimum Gasteiger partial charge on any atom is -0.368 e. The molecule has 1 saturated heterocycles. The van der Waals surface area contributed by atoms with Gasteiger partial charge in [-0.05, 0) is 43.6 Å². The molecule has 2 rings (SSSR count). The number of nitrogens with one attached hydrogen (secondary N) is 1. The lowest BCUT2D eigenvalue weighted by molar-refractivity contribution is -0.137. The third-order valence-corrected chi connectivity index (χ3v) is 6.79. The molecule has 0 aromatic heterocycles. The number of sulfonamides is 1. The Labute approximate surface area is 173 Å². The van der Waals surface area contributed by atoms with Crippen LogP contribution in [-0.4, -0.2) is 69.2 Å². The maximum Gasteiger partial charge on any atom is 0.416 e. The molecule has 1 unspecified atom stereocenters. The van der Waals surface area contributed by atoms with E-state index >= 15 is 0 Å². The van der Waals surface area contributed by atoms with Crippen LogP contribution in [0.15, 0.2) is 24.3 Å². The van der Waals surface area contributed by atoms with E-state index in [-0.39, 0.29) is 11.7 Å². The molecular weight excluding hydrogens is 427 g/mol. The van der Waals surface area contributed by atoms with Crippen molar-refractivity contribution in [1.82, 2.24) is 9.62 Å². The predicted octanol–water partition coefficient (Wildman–Crippen LogP) is 2.42. The molecule has 0 radical (unpaired) electrons. The molecule has 1 aliphatic rings. The van der Waals surface area contributed by atoms with Crippen LogP contribution in [0.25, 0.3) is 0 Å². The van der Waals surface area contributed by atoms with Crippen molar-refractivity contribution < 1.29 is 26.4 Å². The highest BCUT2D eigenvalue weighted by Gasteiger charge is 2.32. The van der Waals surface area contributed by atoms with Crippen LogP contribution in [0.4, 0.5) is 18.9 Å². The molecule has 6 nitrogen and oxygen atoms in total. The highest BCUT2D eigenvalue weighted by atomic mass is 32.2. The Morgan fingerprint density at radius 1 is 1.24 bits per heavy atom. The molecular formula is C18H26F3N3O3S2. The number of halogens is 3. The number of hydrogen-bond acceptors (Lipinski definition) is 5. The molecule has 0 bridgehead atoms. The van der Waals surface area contributed by atoms with E-state index < -0.39 is 27.8 Å². The summed E-state index contributed by atoms with van der Waals surface area (Å²) in [6.45, 7) is 2.90. The molecule has 0 saturated carbocycles. The van der Waals surface area contributed by atoms with E-state index in [0.29, 0.717) is 44.0 Å². The molecule has 1 atom stereocenters. The van der Waals surface area contributed by atoms with Crippen LogP contribution in [0.2, 0.25) is 0 Å². The quantitative estimate of drug-likeness (QED) is 0.655. The summed E-state index contributed by atoms with van der Waals surface area (Å²) in [7, 11) is -3.53. The first-order chi connectivity index (χ1) is 13.6. The summed E-state index contributed by atoms with van der Waals surface area (Å²) in [5.74, 6) is 0.228. The van der Waals surface area contributed by atoms with Crippen molar-refractivity contribution in [3.05, 3.63) is 29.8 Å². The van der Waals surface area contributed by atoms with Gasteiger partial charge in [0.15, 0.2) is 0 Å². The van der Waals surface area contributed by atoms with Crippen LogP contribution >= 0.6 is 11.8 Å². The largest absolute Gasteiger partial charge is 0.416 e. The first-order valence-electron chi connectivity index (χ1n) is 9.27. The van der Waals surface area contributed by atoms with E-state index in [4.69, 9.17) is 0 Å². The van der Waals surface area contributed by atoms with Gasteiger partial charge in [-0.3, -0.25) is 4.79 Å². The molecule has 1 N–H and O–H groups in total. The molecule has 1 aliphatic heterocycles. The third-order valence-electron chi connectivity index (χ3n) is 4.74. The number of anilines is 1. The summed E-state index contributed by atoms with van der Waals surface area (Å²) in [6, 6.07) is 4.29. The Balaban J connectivity index is 2.03. The van der Waals surface area contributed by atoms with Crippen LogP contribution < -0.4 is 9.62 Å². The summed E-state index contributed by atoms with van der Waals surface area (Å²) in [6.07, 6.45) is -2.15. The van der Waals surface area contributed by atoms with E-state index in [1.54, 1.807) is 15.9 Å². The molecule has 1 fully saturated rings. The van der Waals surface area contributed by atoms with Gasteiger partial charge in [0.25, 0.3) is 0 Å². The molecule has 1 amide bonds. The van der Waals surface area contributed by atoms with Crippen LogP contribution in [0, 0.1) is 0 Å². The van der Waals surface area contributed by atoms with E-state index in [1.807, 2.05) is 6.26 Å². The second kappa shape index (κ2) is 10.0. The smallest absolute Gasteiger partial charge is 0.368 e. The van der Waals surface area contributed by atoms with Gasteiger partial charge in [-0.25, -0.2) is 13.1 Å². The van der Waals surface area contributed by atoms with Crippen LogP contribution in [0.5, 0.6) is 0 Å². The van der Waals surface area contributed by atoms with Gasteiger partial charge in [0.1, 0.15) is 6.04 Å². The van der Waals surface area contributed by atoms with Crippen molar-refractivity contribution >= 4 is 33.4 Å². The van der Waals surface area contributed by atoms with Gasteiger partial charge in [-0.1, -0.05) is 6.07 Å². The normalized spacial score (nSPS) is 16.7. The maximum atomic E-state index is 12.9. The number of piperazine rings is 1. The van der Waals surface area contributed by atoms with E-state index in [9.17, 15) is 26.4 Å². The minimum absolute atomic E-state index is 0.112.